The zero-order valence-electron chi connectivity index (χ0n) is 58.8. The molecule has 474 valence electrons. The molecule has 3 nitrogen and oxygen atoms in total. The van der Waals surface area contributed by atoms with Gasteiger partial charge < -0.3 is 13.9 Å². The maximum absolute atomic E-state index is 8.08. The minimum absolute atomic E-state index is 0.00206. The molecule has 97 heavy (non-hydrogen) atoms. The molecule has 0 N–H and O–H groups in total. The smallest absolute Gasteiger partial charge is 0.256 e. The van der Waals surface area contributed by atoms with Crippen molar-refractivity contribution in [2.24, 2.45) is 0 Å². The van der Waals surface area contributed by atoms with E-state index in [1.54, 1.807) is 0 Å². The van der Waals surface area contributed by atoms with Gasteiger partial charge in [0.05, 0.1) is 33.2 Å². The number of ether oxygens (including phenoxy) is 1. The molecule has 12 aromatic carbocycles. The molecule has 4 aliphatic rings. The van der Waals surface area contributed by atoms with Crippen molar-refractivity contribution in [1.29, 1.82) is 0 Å². The van der Waals surface area contributed by atoms with Gasteiger partial charge in [-0.15, -0.1) is 0 Å². The second-order valence-electron chi connectivity index (χ2n) is 33.7. The summed E-state index contributed by atoms with van der Waals surface area (Å²) in [5, 5.41) is 4.93. The Morgan fingerprint density at radius 1 is 0.330 bits per heavy atom. The molecule has 0 unspecified atom stereocenters. The molecule has 0 fully saturated rings. The molecule has 14 aromatic rings. The maximum Gasteiger partial charge on any atom is 0.256 e. The summed E-state index contributed by atoms with van der Waals surface area (Å²) in [5.74, 6) is 1.86. The Balaban J connectivity index is 1.01. The highest BCUT2D eigenvalue weighted by Crippen LogP contribution is 2.65. The fourth-order valence-electron chi connectivity index (χ4n) is 17.5. The van der Waals surface area contributed by atoms with Crippen LogP contribution in [0, 0.1) is 0 Å². The molecule has 2 aliphatic carbocycles. The fraction of sp³-hybridized carbons (Fsp3) is 0.226. The average Bonchev–Trinajstić information content (AvgIpc) is 1.53. The van der Waals surface area contributed by atoms with E-state index in [2.05, 4.69) is 344 Å². The van der Waals surface area contributed by atoms with E-state index in [9.17, 15) is 0 Å². The van der Waals surface area contributed by atoms with E-state index in [4.69, 9.17) is 4.74 Å². The summed E-state index contributed by atoms with van der Waals surface area (Å²) in [4.78, 5) is 0. The van der Waals surface area contributed by atoms with Crippen molar-refractivity contribution in [3.63, 3.8) is 0 Å². The van der Waals surface area contributed by atoms with Crippen molar-refractivity contribution < 1.29 is 4.74 Å². The Labute approximate surface area is 572 Å². The highest BCUT2D eigenvalue weighted by atomic mass is 16.5. The third-order valence-electron chi connectivity index (χ3n) is 22.5. The van der Waals surface area contributed by atoms with E-state index in [-0.39, 0.29) is 33.8 Å². The van der Waals surface area contributed by atoms with Crippen molar-refractivity contribution in [2.75, 3.05) is 0 Å². The fourth-order valence-corrected chi connectivity index (χ4v) is 17.5. The van der Waals surface area contributed by atoms with Crippen LogP contribution in [0.1, 0.15) is 154 Å². The number of aromatic nitrogens is 2. The number of benzene rings is 12. The van der Waals surface area contributed by atoms with Crippen molar-refractivity contribution in [2.45, 2.75) is 136 Å². The van der Waals surface area contributed by atoms with Gasteiger partial charge in [-0.2, -0.15) is 0 Å². The van der Waals surface area contributed by atoms with Gasteiger partial charge in [-0.1, -0.05) is 310 Å². The number of para-hydroxylation sites is 3. The monoisotopic (exact) mass is 1250 g/mol. The molecule has 0 saturated heterocycles. The van der Waals surface area contributed by atoms with Gasteiger partial charge in [0.1, 0.15) is 11.5 Å². The molecule has 0 radical (unpaired) electrons. The first-order chi connectivity index (χ1) is 46.3. The highest BCUT2D eigenvalue weighted by Gasteiger charge is 2.55. The summed E-state index contributed by atoms with van der Waals surface area (Å²) in [5.41, 5.74) is 33.7. The van der Waals surface area contributed by atoms with Gasteiger partial charge in [0.15, 0.2) is 0 Å². The van der Waals surface area contributed by atoms with Crippen LogP contribution in [0.5, 0.6) is 11.5 Å². The molecule has 4 heteroatoms. The van der Waals surface area contributed by atoms with E-state index in [0.717, 1.165) is 28.3 Å². The Bertz CT molecular complexity index is 5530. The largest absolute Gasteiger partial charge is 0.458 e. The van der Waals surface area contributed by atoms with Gasteiger partial charge >= 0.3 is 0 Å². The molecule has 0 bridgehead atoms. The van der Waals surface area contributed by atoms with Crippen LogP contribution in [-0.2, 0) is 32.5 Å². The van der Waals surface area contributed by atoms with Gasteiger partial charge in [0.2, 0.25) is 0 Å². The van der Waals surface area contributed by atoms with Crippen LogP contribution in [0.3, 0.4) is 0 Å². The Kier molecular flexibility index (Phi) is 12.4. The van der Waals surface area contributed by atoms with Crippen LogP contribution in [0.25, 0.3) is 111 Å². The quantitative estimate of drug-likeness (QED) is 0.161. The molecule has 2 aliphatic heterocycles. The van der Waals surface area contributed by atoms with Gasteiger partial charge in [0.25, 0.3) is 6.71 Å². The molecular formula is C93H83BN2O. The van der Waals surface area contributed by atoms with Crippen molar-refractivity contribution >= 4 is 66.7 Å². The van der Waals surface area contributed by atoms with Crippen LogP contribution in [0.2, 0.25) is 0 Å². The average molecular weight is 1260 g/mol. The third-order valence-corrected chi connectivity index (χ3v) is 22.5. The maximum atomic E-state index is 8.08. The van der Waals surface area contributed by atoms with E-state index >= 15 is 0 Å². The topological polar surface area (TPSA) is 19.1 Å². The zero-order chi connectivity index (χ0) is 66.9. The SMILES string of the molecule is CC(C)(C)c1ccc(-c2cc3c4c(c2)-n2c5ccccc5c5c2c(cc2c6ccccc6n(-c6c(-c7cc(C(C)(C)C)cc(C(C)(C)C)c7)cccc6-c6cc(C(C)(C)C)cc(C(C)(C)C)c6)c25)B4c2ccc4c(c2O3)C2(c3ccccc3-c3ccccc32)c2ccccc2-4)cc1. The summed E-state index contributed by atoms with van der Waals surface area (Å²) in [6.07, 6.45) is 0. The Hall–Kier alpha value is -9.90. The first-order valence-electron chi connectivity index (χ1n) is 35.2. The first kappa shape index (κ1) is 59.6. The second-order valence-corrected chi connectivity index (χ2v) is 33.7. The standard InChI is InChI=1S/C93H83BN2O/c1-88(2,3)58-41-39-54(40-42-58)55-49-79-83-80(50-55)97-87-75(44-43-69-67-29-18-23-36-74(67)93(82(69)87)72-34-21-16-27-65(72)66-28-17-22-35-73(66)93)94(83)76-53-71-68-30-19-24-37-77(68)96(85(71)81-70-31-20-25-38-78(70)95(79)86(76)81)84-63(56-45-59(89(4,5)6)51-60(46-56)90(7,8)9)32-26-33-64(84)57-47-61(91(10,11)12)52-62(48-57)92(13,14)15/h16-53H,1-15H3. The lowest BCUT2D eigenvalue weighted by atomic mass is 9.34. The van der Waals surface area contributed by atoms with E-state index < -0.39 is 5.41 Å². The predicted octanol–water partition coefficient (Wildman–Crippen LogP) is 22.6. The molecule has 0 saturated carbocycles. The number of hydrogen-bond donors (Lipinski definition) is 0. The summed E-state index contributed by atoms with van der Waals surface area (Å²) < 4.78 is 13.5. The summed E-state index contributed by atoms with van der Waals surface area (Å²) in [6.45, 7) is 35.1. The van der Waals surface area contributed by atoms with Crippen LogP contribution < -0.4 is 21.1 Å². The Morgan fingerprint density at radius 3 is 1.32 bits per heavy atom. The van der Waals surface area contributed by atoms with Crippen molar-refractivity contribution in [1.82, 2.24) is 9.13 Å². The van der Waals surface area contributed by atoms with Gasteiger partial charge in [0, 0.05) is 43.9 Å². The van der Waals surface area contributed by atoms with Gasteiger partial charge in [-0.05, 0) is 157 Å². The molecule has 4 heterocycles. The molecule has 2 aromatic heterocycles. The first-order valence-corrected chi connectivity index (χ1v) is 35.2. The summed E-state index contributed by atoms with van der Waals surface area (Å²) >= 11 is 0. The molecule has 0 amide bonds. The molecule has 1 spiro atoms. The lowest BCUT2D eigenvalue weighted by molar-refractivity contribution is 0.476. The van der Waals surface area contributed by atoms with Crippen molar-refractivity contribution in [3.8, 4) is 78.5 Å². The van der Waals surface area contributed by atoms with Crippen LogP contribution in [0.4, 0.5) is 0 Å². The molecule has 0 atom stereocenters. The lowest BCUT2D eigenvalue weighted by Crippen LogP contribution is -2.58. The van der Waals surface area contributed by atoms with Crippen LogP contribution in [-0.4, -0.2) is 15.8 Å². The molecule has 18 rings (SSSR count). The Morgan fingerprint density at radius 2 is 0.794 bits per heavy atom. The summed E-state index contributed by atoms with van der Waals surface area (Å²) in [6, 6.07) is 90.0. The number of fused-ring (bicyclic) bond motifs is 22. The van der Waals surface area contributed by atoms with E-state index in [1.165, 1.54) is 160 Å². The second kappa shape index (κ2) is 20.1. The van der Waals surface area contributed by atoms with Gasteiger partial charge in [-0.3, -0.25) is 0 Å². The minimum atomic E-state index is -0.632. The number of hydrogen-bond acceptors (Lipinski definition) is 1. The normalized spacial score (nSPS) is 14.3. The van der Waals surface area contributed by atoms with Gasteiger partial charge in [-0.25, -0.2) is 0 Å². The predicted molar refractivity (Wildman–Crippen MR) is 412 cm³/mol. The number of nitrogens with zero attached hydrogens (tertiary/aromatic N) is 2. The summed E-state index contributed by atoms with van der Waals surface area (Å²) in [7, 11) is 0. The van der Waals surface area contributed by atoms with Crippen LogP contribution >= 0.6 is 0 Å². The lowest BCUT2D eigenvalue weighted by Gasteiger charge is -2.38. The third kappa shape index (κ3) is 8.47. The molecular weight excluding hydrogens is 1170 g/mol. The zero-order valence-corrected chi connectivity index (χ0v) is 58.8. The van der Waals surface area contributed by atoms with Crippen LogP contribution in [0.15, 0.2) is 231 Å². The highest BCUT2D eigenvalue weighted by molar-refractivity contribution is 6.99. The number of rotatable bonds is 4. The van der Waals surface area contributed by atoms with E-state index in [0.29, 0.717) is 0 Å². The minimum Gasteiger partial charge on any atom is -0.458 e. The van der Waals surface area contributed by atoms with Crippen molar-refractivity contribution in [3.05, 3.63) is 281 Å². The van der Waals surface area contributed by atoms with E-state index in [1.807, 2.05) is 0 Å².